The molecule has 2 heterocycles. The minimum atomic E-state index is -0.239. The van der Waals surface area contributed by atoms with Crippen molar-refractivity contribution in [3.05, 3.63) is 29.8 Å². The predicted molar refractivity (Wildman–Crippen MR) is 98.0 cm³/mol. The van der Waals surface area contributed by atoms with Crippen LogP contribution in [0.15, 0.2) is 29.3 Å². The summed E-state index contributed by atoms with van der Waals surface area (Å²) in [7, 11) is 0. The molecule has 138 valence electrons. The number of rotatable bonds is 5. The fraction of sp³-hybridized carbons (Fsp3) is 0.632. The van der Waals surface area contributed by atoms with Crippen molar-refractivity contribution in [2.24, 2.45) is 10.4 Å². The van der Waals surface area contributed by atoms with Gasteiger partial charge in [-0.3, -0.25) is 4.99 Å². The highest BCUT2D eigenvalue weighted by atomic mass is 16.5. The van der Waals surface area contributed by atoms with Gasteiger partial charge in [-0.15, -0.1) is 0 Å². The average molecular weight is 347 g/mol. The molecule has 1 fully saturated rings. The van der Waals surface area contributed by atoms with E-state index in [1.807, 2.05) is 25.1 Å². The number of guanidine groups is 1. The summed E-state index contributed by atoms with van der Waals surface area (Å²) in [5.41, 5.74) is 0.684. The maximum Gasteiger partial charge on any atom is 0.191 e. The summed E-state index contributed by atoms with van der Waals surface area (Å²) in [6.45, 7) is 8.83. The van der Waals surface area contributed by atoms with Crippen LogP contribution in [0.25, 0.3) is 0 Å². The van der Waals surface area contributed by atoms with Gasteiger partial charge in [0.15, 0.2) is 5.96 Å². The Morgan fingerprint density at radius 2 is 2.08 bits per heavy atom. The van der Waals surface area contributed by atoms with E-state index in [0.29, 0.717) is 19.8 Å². The van der Waals surface area contributed by atoms with Crippen LogP contribution in [0.3, 0.4) is 0 Å². The molecule has 0 radical (unpaired) electrons. The molecule has 1 saturated heterocycles. The first kappa shape index (κ1) is 18.0. The standard InChI is InChI=1S/C19H29N3O3/c1-4-20-17(21-10-19(11-23)12-24-13-19)22-15-9-18(2,3)25-16-8-6-5-7-14(15)16/h5-8,15,23H,4,9-13H2,1-3H3,(H2,20,21,22). The topological polar surface area (TPSA) is 75.1 Å². The molecule has 2 aliphatic rings. The van der Waals surface area contributed by atoms with E-state index >= 15 is 0 Å². The quantitative estimate of drug-likeness (QED) is 0.560. The second-order valence-electron chi connectivity index (χ2n) is 7.65. The molecule has 25 heavy (non-hydrogen) atoms. The molecule has 0 saturated carbocycles. The number of fused-ring (bicyclic) bond motifs is 1. The second-order valence-corrected chi connectivity index (χ2v) is 7.65. The Hall–Kier alpha value is -1.79. The highest BCUT2D eigenvalue weighted by Gasteiger charge is 2.38. The Labute approximate surface area is 149 Å². The molecular formula is C19H29N3O3. The number of ether oxygens (including phenoxy) is 2. The molecule has 0 bridgehead atoms. The van der Waals surface area contributed by atoms with Gasteiger partial charge in [-0.2, -0.15) is 0 Å². The highest BCUT2D eigenvalue weighted by Crippen LogP contribution is 2.39. The van der Waals surface area contributed by atoms with Crippen molar-refractivity contribution < 1.29 is 14.6 Å². The van der Waals surface area contributed by atoms with Crippen LogP contribution in [-0.4, -0.2) is 49.6 Å². The first-order chi connectivity index (χ1) is 12.0. The molecule has 3 N–H and O–H groups in total. The van der Waals surface area contributed by atoms with Gasteiger partial charge >= 0.3 is 0 Å². The Morgan fingerprint density at radius 3 is 2.72 bits per heavy atom. The average Bonchev–Trinajstić information content (AvgIpc) is 2.53. The third-order valence-corrected chi connectivity index (χ3v) is 4.76. The molecule has 0 amide bonds. The molecule has 1 aromatic carbocycles. The van der Waals surface area contributed by atoms with E-state index in [1.54, 1.807) is 0 Å². The largest absolute Gasteiger partial charge is 0.487 e. The molecule has 1 atom stereocenters. The van der Waals surface area contributed by atoms with E-state index in [0.717, 1.165) is 30.2 Å². The molecule has 0 aromatic heterocycles. The summed E-state index contributed by atoms with van der Waals surface area (Å²) in [5.74, 6) is 1.69. The number of benzene rings is 1. The van der Waals surface area contributed by atoms with Gasteiger partial charge in [0.2, 0.25) is 0 Å². The number of hydrogen-bond donors (Lipinski definition) is 3. The Balaban J connectivity index is 1.77. The predicted octanol–water partition coefficient (Wildman–Crippen LogP) is 1.85. The van der Waals surface area contributed by atoms with Crippen LogP contribution in [0, 0.1) is 5.41 Å². The Morgan fingerprint density at radius 1 is 1.32 bits per heavy atom. The summed E-state index contributed by atoms with van der Waals surface area (Å²) >= 11 is 0. The maximum atomic E-state index is 9.59. The van der Waals surface area contributed by atoms with Crippen molar-refractivity contribution in [2.45, 2.75) is 38.8 Å². The number of aliphatic imine (C=N–C) groups is 1. The summed E-state index contributed by atoms with van der Waals surface area (Å²) in [5, 5.41) is 16.5. The van der Waals surface area contributed by atoms with E-state index in [-0.39, 0.29) is 23.7 Å². The molecular weight excluding hydrogens is 318 g/mol. The molecule has 2 aliphatic heterocycles. The monoisotopic (exact) mass is 347 g/mol. The van der Waals surface area contributed by atoms with Gasteiger partial charge in [0, 0.05) is 18.5 Å². The van der Waals surface area contributed by atoms with E-state index < -0.39 is 0 Å². The molecule has 6 heteroatoms. The van der Waals surface area contributed by atoms with E-state index in [9.17, 15) is 5.11 Å². The number of nitrogens with one attached hydrogen (secondary N) is 2. The third kappa shape index (κ3) is 4.07. The van der Waals surface area contributed by atoms with Crippen LogP contribution in [0.5, 0.6) is 5.75 Å². The second kappa shape index (κ2) is 7.22. The number of hydrogen-bond acceptors (Lipinski definition) is 4. The zero-order valence-electron chi connectivity index (χ0n) is 15.3. The fourth-order valence-electron chi connectivity index (χ4n) is 3.29. The van der Waals surface area contributed by atoms with Gasteiger partial charge in [0.05, 0.1) is 37.8 Å². The minimum Gasteiger partial charge on any atom is -0.487 e. The Kier molecular flexibility index (Phi) is 5.20. The number of aliphatic hydroxyl groups excluding tert-OH is 1. The zero-order valence-corrected chi connectivity index (χ0v) is 15.3. The van der Waals surface area contributed by atoms with Gasteiger partial charge in [-0.1, -0.05) is 18.2 Å². The van der Waals surface area contributed by atoms with Gasteiger partial charge in [-0.25, -0.2) is 0 Å². The lowest BCUT2D eigenvalue weighted by Gasteiger charge is -2.39. The van der Waals surface area contributed by atoms with Crippen molar-refractivity contribution in [1.29, 1.82) is 0 Å². The first-order valence-corrected chi connectivity index (χ1v) is 8.98. The lowest BCUT2D eigenvalue weighted by atomic mass is 9.87. The third-order valence-electron chi connectivity index (χ3n) is 4.76. The number of para-hydroxylation sites is 1. The van der Waals surface area contributed by atoms with Crippen LogP contribution < -0.4 is 15.4 Å². The fourth-order valence-corrected chi connectivity index (χ4v) is 3.29. The zero-order chi connectivity index (χ0) is 17.9. The summed E-state index contributed by atoms with van der Waals surface area (Å²) in [6.07, 6.45) is 0.850. The summed E-state index contributed by atoms with van der Waals surface area (Å²) < 4.78 is 11.4. The maximum absolute atomic E-state index is 9.59. The lowest BCUT2D eigenvalue weighted by molar-refractivity contribution is -0.130. The van der Waals surface area contributed by atoms with Crippen LogP contribution in [0.2, 0.25) is 0 Å². The summed E-state index contributed by atoms with van der Waals surface area (Å²) in [4.78, 5) is 4.71. The number of aliphatic hydroxyl groups is 1. The number of nitrogens with zero attached hydrogens (tertiary/aromatic N) is 1. The first-order valence-electron chi connectivity index (χ1n) is 8.98. The van der Waals surface area contributed by atoms with E-state index in [4.69, 9.17) is 14.5 Å². The van der Waals surface area contributed by atoms with Crippen LogP contribution in [-0.2, 0) is 4.74 Å². The molecule has 3 rings (SSSR count). The van der Waals surface area contributed by atoms with Crippen LogP contribution in [0.1, 0.15) is 38.8 Å². The molecule has 0 aliphatic carbocycles. The van der Waals surface area contributed by atoms with Crippen molar-refractivity contribution in [2.75, 3.05) is 32.9 Å². The van der Waals surface area contributed by atoms with Crippen molar-refractivity contribution in [3.8, 4) is 5.75 Å². The molecule has 1 unspecified atom stereocenters. The van der Waals surface area contributed by atoms with Gasteiger partial charge in [0.1, 0.15) is 11.4 Å². The molecule has 0 spiro atoms. The smallest absolute Gasteiger partial charge is 0.191 e. The van der Waals surface area contributed by atoms with Crippen molar-refractivity contribution >= 4 is 5.96 Å². The van der Waals surface area contributed by atoms with Gasteiger partial charge < -0.3 is 25.2 Å². The van der Waals surface area contributed by atoms with E-state index in [2.05, 4.69) is 30.5 Å². The van der Waals surface area contributed by atoms with E-state index in [1.165, 1.54) is 0 Å². The lowest BCUT2D eigenvalue weighted by Crippen LogP contribution is -2.50. The van der Waals surface area contributed by atoms with Crippen molar-refractivity contribution in [3.63, 3.8) is 0 Å². The van der Waals surface area contributed by atoms with Crippen molar-refractivity contribution in [1.82, 2.24) is 10.6 Å². The van der Waals surface area contributed by atoms with Crippen LogP contribution in [0.4, 0.5) is 0 Å². The normalized spacial score (nSPS) is 23.8. The molecule has 1 aromatic rings. The highest BCUT2D eigenvalue weighted by molar-refractivity contribution is 5.80. The molecule has 6 nitrogen and oxygen atoms in total. The van der Waals surface area contributed by atoms with Gasteiger partial charge in [0.25, 0.3) is 0 Å². The minimum absolute atomic E-state index is 0.100. The SMILES string of the molecule is CCNC(=NCC1(CO)COC1)NC1CC(C)(C)Oc2ccccc21. The summed E-state index contributed by atoms with van der Waals surface area (Å²) in [6, 6.07) is 8.27. The van der Waals surface area contributed by atoms with Gasteiger partial charge in [-0.05, 0) is 26.8 Å². The van der Waals surface area contributed by atoms with Crippen LogP contribution >= 0.6 is 0 Å². The Bertz CT molecular complexity index is 621.